The number of nitrogens with zero attached hydrogens (tertiary/aromatic N) is 2. The molecule has 2 fully saturated rings. The predicted octanol–water partition coefficient (Wildman–Crippen LogP) is 2.34. The number of carbonyl (C=O) groups excluding carboxylic acids is 1. The Labute approximate surface area is 149 Å². The van der Waals surface area contributed by atoms with Crippen molar-refractivity contribution < 1.29 is 13.9 Å². The first-order valence-electron chi connectivity index (χ1n) is 9.30. The number of anilines is 1. The maximum absolute atomic E-state index is 13.1. The van der Waals surface area contributed by atoms with Gasteiger partial charge in [-0.3, -0.25) is 9.69 Å². The highest BCUT2D eigenvalue weighted by Gasteiger charge is 2.25. The summed E-state index contributed by atoms with van der Waals surface area (Å²) < 4.78 is 18.7. The van der Waals surface area contributed by atoms with Gasteiger partial charge in [0.2, 0.25) is 5.91 Å². The standard InChI is InChI=1S/C19H28FN3O2/c20-16-3-1-4-17(15-16)21-19(24)7-11-22-9-5-18(6-10-22)23-8-2-13-25-14-12-23/h1,3-4,15,18H,2,5-14H2,(H,21,24). The molecule has 2 heterocycles. The summed E-state index contributed by atoms with van der Waals surface area (Å²) in [5.41, 5.74) is 0.520. The summed E-state index contributed by atoms with van der Waals surface area (Å²) >= 11 is 0. The lowest BCUT2D eigenvalue weighted by molar-refractivity contribution is -0.116. The van der Waals surface area contributed by atoms with Crippen LogP contribution in [0, 0.1) is 5.82 Å². The maximum atomic E-state index is 13.1. The molecule has 2 saturated heterocycles. The molecule has 0 atom stereocenters. The Morgan fingerprint density at radius 3 is 2.84 bits per heavy atom. The molecule has 0 bridgehead atoms. The van der Waals surface area contributed by atoms with E-state index in [1.807, 2.05) is 0 Å². The molecule has 3 rings (SSSR count). The van der Waals surface area contributed by atoms with Crippen LogP contribution in [0.1, 0.15) is 25.7 Å². The van der Waals surface area contributed by atoms with Gasteiger partial charge >= 0.3 is 0 Å². The normalized spacial score (nSPS) is 21.0. The van der Waals surface area contributed by atoms with Crippen molar-refractivity contribution in [2.24, 2.45) is 0 Å². The van der Waals surface area contributed by atoms with E-state index in [9.17, 15) is 9.18 Å². The molecule has 0 unspecified atom stereocenters. The number of ether oxygens (including phenoxy) is 1. The number of rotatable bonds is 5. The highest BCUT2D eigenvalue weighted by molar-refractivity contribution is 5.90. The molecule has 2 aliphatic heterocycles. The number of amides is 1. The minimum atomic E-state index is -0.334. The molecule has 1 N–H and O–H groups in total. The fraction of sp³-hybridized carbons (Fsp3) is 0.632. The minimum Gasteiger partial charge on any atom is -0.380 e. The van der Waals surface area contributed by atoms with Crippen LogP contribution in [-0.2, 0) is 9.53 Å². The second-order valence-corrected chi connectivity index (χ2v) is 6.88. The molecular formula is C19H28FN3O2. The Balaban J connectivity index is 1.36. The highest BCUT2D eigenvalue weighted by Crippen LogP contribution is 2.18. The number of likely N-dealkylation sites (tertiary alicyclic amines) is 1. The first-order chi connectivity index (χ1) is 12.2. The van der Waals surface area contributed by atoms with E-state index in [0.717, 1.165) is 65.2 Å². The fourth-order valence-electron chi connectivity index (χ4n) is 3.69. The quantitative estimate of drug-likeness (QED) is 0.886. The lowest BCUT2D eigenvalue weighted by atomic mass is 10.0. The van der Waals surface area contributed by atoms with Crippen molar-refractivity contribution in [2.75, 3.05) is 51.3 Å². The van der Waals surface area contributed by atoms with Crippen LogP contribution in [0.3, 0.4) is 0 Å². The lowest BCUT2D eigenvalue weighted by Gasteiger charge is -2.37. The zero-order valence-electron chi connectivity index (χ0n) is 14.8. The third-order valence-corrected chi connectivity index (χ3v) is 5.09. The second kappa shape index (κ2) is 9.27. The Hall–Kier alpha value is -1.50. The topological polar surface area (TPSA) is 44.8 Å². The molecule has 6 heteroatoms. The van der Waals surface area contributed by atoms with E-state index >= 15 is 0 Å². The highest BCUT2D eigenvalue weighted by atomic mass is 19.1. The maximum Gasteiger partial charge on any atom is 0.225 e. The molecule has 0 aromatic heterocycles. The van der Waals surface area contributed by atoms with Gasteiger partial charge in [-0.15, -0.1) is 0 Å². The number of nitrogens with one attached hydrogen (secondary N) is 1. The van der Waals surface area contributed by atoms with Crippen LogP contribution in [0.25, 0.3) is 0 Å². The summed E-state index contributed by atoms with van der Waals surface area (Å²) in [6.45, 7) is 6.75. The Morgan fingerprint density at radius 1 is 1.20 bits per heavy atom. The van der Waals surface area contributed by atoms with Gasteiger partial charge in [0.15, 0.2) is 0 Å². The van der Waals surface area contributed by atoms with Crippen molar-refractivity contribution in [2.45, 2.75) is 31.7 Å². The van der Waals surface area contributed by atoms with Crippen LogP contribution < -0.4 is 5.32 Å². The number of hydrogen-bond donors (Lipinski definition) is 1. The molecule has 1 amide bonds. The molecule has 2 aliphatic rings. The van der Waals surface area contributed by atoms with E-state index in [1.54, 1.807) is 12.1 Å². The largest absolute Gasteiger partial charge is 0.380 e. The lowest BCUT2D eigenvalue weighted by Crippen LogP contribution is -2.46. The number of carbonyl (C=O) groups is 1. The Morgan fingerprint density at radius 2 is 2.04 bits per heavy atom. The van der Waals surface area contributed by atoms with Gasteiger partial charge in [0, 0.05) is 44.4 Å². The van der Waals surface area contributed by atoms with E-state index in [1.165, 1.54) is 12.1 Å². The van der Waals surface area contributed by atoms with E-state index in [4.69, 9.17) is 4.74 Å². The van der Waals surface area contributed by atoms with E-state index in [-0.39, 0.29) is 11.7 Å². The van der Waals surface area contributed by atoms with Crippen LogP contribution in [-0.4, -0.2) is 67.7 Å². The molecule has 5 nitrogen and oxygen atoms in total. The number of benzene rings is 1. The van der Waals surface area contributed by atoms with Gasteiger partial charge in [-0.2, -0.15) is 0 Å². The first kappa shape index (κ1) is 18.3. The monoisotopic (exact) mass is 349 g/mol. The summed E-state index contributed by atoms with van der Waals surface area (Å²) in [6.07, 6.45) is 3.89. The SMILES string of the molecule is O=C(CCN1CCC(N2CCCOCC2)CC1)Nc1cccc(F)c1. The smallest absolute Gasteiger partial charge is 0.225 e. The molecule has 1 aromatic carbocycles. The minimum absolute atomic E-state index is 0.0580. The zero-order valence-corrected chi connectivity index (χ0v) is 14.8. The fourth-order valence-corrected chi connectivity index (χ4v) is 3.69. The average molecular weight is 349 g/mol. The van der Waals surface area contributed by atoms with Crippen molar-refractivity contribution in [3.63, 3.8) is 0 Å². The second-order valence-electron chi connectivity index (χ2n) is 6.88. The van der Waals surface area contributed by atoms with Crippen molar-refractivity contribution in [3.8, 4) is 0 Å². The molecule has 0 aliphatic carbocycles. The van der Waals surface area contributed by atoms with Gasteiger partial charge in [-0.05, 0) is 50.6 Å². The van der Waals surface area contributed by atoms with E-state index in [2.05, 4.69) is 15.1 Å². The first-order valence-corrected chi connectivity index (χ1v) is 9.30. The third-order valence-electron chi connectivity index (χ3n) is 5.09. The van der Waals surface area contributed by atoms with Crippen LogP contribution in [0.15, 0.2) is 24.3 Å². The third kappa shape index (κ3) is 5.76. The van der Waals surface area contributed by atoms with Gasteiger partial charge in [-0.1, -0.05) is 6.07 Å². The summed E-state index contributed by atoms with van der Waals surface area (Å²) in [7, 11) is 0. The van der Waals surface area contributed by atoms with Crippen molar-refractivity contribution in [3.05, 3.63) is 30.1 Å². The van der Waals surface area contributed by atoms with E-state index in [0.29, 0.717) is 18.2 Å². The summed E-state index contributed by atoms with van der Waals surface area (Å²) in [6, 6.07) is 6.67. The van der Waals surface area contributed by atoms with Gasteiger partial charge < -0.3 is 15.0 Å². The number of halogens is 1. The zero-order chi connectivity index (χ0) is 17.5. The molecule has 0 saturated carbocycles. The number of hydrogen-bond acceptors (Lipinski definition) is 4. The predicted molar refractivity (Wildman–Crippen MR) is 96.1 cm³/mol. The Kier molecular flexibility index (Phi) is 6.78. The van der Waals surface area contributed by atoms with Crippen molar-refractivity contribution >= 4 is 11.6 Å². The molecule has 138 valence electrons. The average Bonchev–Trinajstić information content (AvgIpc) is 2.90. The summed E-state index contributed by atoms with van der Waals surface area (Å²) in [5.74, 6) is -0.392. The van der Waals surface area contributed by atoms with Crippen LogP contribution in [0.5, 0.6) is 0 Å². The summed E-state index contributed by atoms with van der Waals surface area (Å²) in [5, 5.41) is 2.76. The van der Waals surface area contributed by atoms with Gasteiger partial charge in [0.1, 0.15) is 5.82 Å². The van der Waals surface area contributed by atoms with Crippen molar-refractivity contribution in [1.82, 2.24) is 9.80 Å². The molecular weight excluding hydrogens is 321 g/mol. The molecule has 0 radical (unpaired) electrons. The molecule has 25 heavy (non-hydrogen) atoms. The molecule has 0 spiro atoms. The van der Waals surface area contributed by atoms with Crippen LogP contribution in [0.4, 0.5) is 10.1 Å². The number of piperidine rings is 1. The molecule has 1 aromatic rings. The Bertz CT molecular complexity index is 553. The van der Waals surface area contributed by atoms with Crippen LogP contribution >= 0.6 is 0 Å². The van der Waals surface area contributed by atoms with E-state index < -0.39 is 0 Å². The van der Waals surface area contributed by atoms with Gasteiger partial charge in [0.25, 0.3) is 0 Å². The van der Waals surface area contributed by atoms with Gasteiger partial charge in [0.05, 0.1) is 6.61 Å². The summed E-state index contributed by atoms with van der Waals surface area (Å²) in [4.78, 5) is 17.0. The van der Waals surface area contributed by atoms with Crippen molar-refractivity contribution in [1.29, 1.82) is 0 Å². The van der Waals surface area contributed by atoms with Gasteiger partial charge in [-0.25, -0.2) is 4.39 Å². The van der Waals surface area contributed by atoms with Crippen LogP contribution in [0.2, 0.25) is 0 Å².